The normalized spacial score (nSPS) is 23.3. The number of nitrogens with one attached hydrogen (secondary N) is 1. The van der Waals surface area contributed by atoms with Crippen molar-refractivity contribution in [3.05, 3.63) is 35.9 Å². The molecular weight excluding hydrogens is 318 g/mol. The van der Waals surface area contributed by atoms with Crippen molar-refractivity contribution < 1.29 is 14.3 Å². The minimum absolute atomic E-state index is 0.0106. The summed E-state index contributed by atoms with van der Waals surface area (Å²) in [7, 11) is 1.79. The number of ether oxygens (including phenoxy) is 1. The third-order valence-corrected chi connectivity index (χ3v) is 5.09. The van der Waals surface area contributed by atoms with Gasteiger partial charge >= 0.3 is 0 Å². The average molecular weight is 345 g/mol. The number of likely N-dealkylation sites (tertiary alicyclic amines) is 1. The van der Waals surface area contributed by atoms with Crippen LogP contribution in [0, 0.1) is 5.92 Å². The van der Waals surface area contributed by atoms with Gasteiger partial charge in [-0.25, -0.2) is 0 Å². The first-order chi connectivity index (χ1) is 12.1. The molecule has 0 aromatic heterocycles. The Bertz CT molecular complexity index is 587. The van der Waals surface area contributed by atoms with Crippen LogP contribution in [0.25, 0.3) is 0 Å². The van der Waals surface area contributed by atoms with E-state index in [-0.39, 0.29) is 23.8 Å². The van der Waals surface area contributed by atoms with Gasteiger partial charge in [0.2, 0.25) is 11.8 Å². The topological polar surface area (TPSA) is 61.9 Å². The quantitative estimate of drug-likeness (QED) is 0.866. The molecule has 2 fully saturated rings. The summed E-state index contributed by atoms with van der Waals surface area (Å²) in [6, 6.07) is 9.99. The molecular formula is C19H27N3O3. The molecule has 0 bridgehead atoms. The molecule has 2 aliphatic heterocycles. The molecule has 6 heteroatoms. The predicted octanol–water partition coefficient (Wildman–Crippen LogP) is 1.04. The molecule has 136 valence electrons. The monoisotopic (exact) mass is 345 g/mol. The highest BCUT2D eigenvalue weighted by atomic mass is 16.5. The molecule has 2 heterocycles. The highest BCUT2D eigenvalue weighted by Gasteiger charge is 2.30. The van der Waals surface area contributed by atoms with E-state index in [0.29, 0.717) is 13.0 Å². The Balaban J connectivity index is 1.66. The first-order valence-electron chi connectivity index (χ1n) is 9.03. The summed E-state index contributed by atoms with van der Waals surface area (Å²) in [5.74, 6) is -0.181. The van der Waals surface area contributed by atoms with Gasteiger partial charge in [-0.05, 0) is 12.0 Å². The van der Waals surface area contributed by atoms with Gasteiger partial charge in [0.1, 0.15) is 0 Å². The zero-order chi connectivity index (χ0) is 17.6. The third kappa shape index (κ3) is 4.80. The van der Waals surface area contributed by atoms with Crippen LogP contribution in [0.4, 0.5) is 0 Å². The maximum absolute atomic E-state index is 12.8. The van der Waals surface area contributed by atoms with Gasteiger partial charge < -0.3 is 15.0 Å². The van der Waals surface area contributed by atoms with E-state index in [9.17, 15) is 9.59 Å². The highest BCUT2D eigenvalue weighted by Crippen LogP contribution is 2.21. The summed E-state index contributed by atoms with van der Waals surface area (Å²) in [6.07, 6.45) is 1.04. The molecule has 0 saturated carbocycles. The van der Waals surface area contributed by atoms with E-state index in [0.717, 1.165) is 44.8 Å². The van der Waals surface area contributed by atoms with Gasteiger partial charge in [-0.15, -0.1) is 0 Å². The Labute approximate surface area is 149 Å². The molecule has 3 rings (SSSR count). The van der Waals surface area contributed by atoms with E-state index in [1.807, 2.05) is 30.3 Å². The molecule has 1 aromatic carbocycles. The van der Waals surface area contributed by atoms with Gasteiger partial charge in [0.05, 0.1) is 19.3 Å². The summed E-state index contributed by atoms with van der Waals surface area (Å²) in [4.78, 5) is 28.7. The number of benzene rings is 1. The van der Waals surface area contributed by atoms with Crippen LogP contribution in [0.15, 0.2) is 30.3 Å². The van der Waals surface area contributed by atoms with Crippen LogP contribution in [-0.2, 0) is 14.3 Å². The number of morpholine rings is 1. The largest absolute Gasteiger partial charge is 0.379 e. The minimum Gasteiger partial charge on any atom is -0.379 e. The van der Waals surface area contributed by atoms with Crippen LogP contribution < -0.4 is 5.32 Å². The second-order valence-corrected chi connectivity index (χ2v) is 6.89. The van der Waals surface area contributed by atoms with Crippen LogP contribution in [0.2, 0.25) is 0 Å². The van der Waals surface area contributed by atoms with Crippen LogP contribution in [0.1, 0.15) is 24.4 Å². The minimum atomic E-state index is -0.223. The Hall–Kier alpha value is -1.92. The van der Waals surface area contributed by atoms with Crippen molar-refractivity contribution >= 4 is 11.8 Å². The number of amides is 2. The lowest BCUT2D eigenvalue weighted by atomic mass is 9.94. The van der Waals surface area contributed by atoms with Crippen molar-refractivity contribution in [2.24, 2.45) is 5.92 Å². The van der Waals surface area contributed by atoms with E-state index < -0.39 is 0 Å². The molecule has 1 aromatic rings. The van der Waals surface area contributed by atoms with Gasteiger partial charge in [-0.2, -0.15) is 0 Å². The molecule has 0 unspecified atom stereocenters. The second kappa shape index (κ2) is 8.45. The predicted molar refractivity (Wildman–Crippen MR) is 94.9 cm³/mol. The fourth-order valence-electron chi connectivity index (χ4n) is 3.42. The summed E-state index contributed by atoms with van der Waals surface area (Å²) in [5, 5.41) is 3.19. The number of hydrogen-bond acceptors (Lipinski definition) is 4. The van der Waals surface area contributed by atoms with Crippen molar-refractivity contribution in [2.45, 2.75) is 18.9 Å². The molecule has 25 heavy (non-hydrogen) atoms. The van der Waals surface area contributed by atoms with E-state index in [1.54, 1.807) is 11.9 Å². The lowest BCUT2D eigenvalue weighted by Crippen LogP contribution is -2.46. The van der Waals surface area contributed by atoms with Crippen molar-refractivity contribution in [2.75, 3.05) is 46.4 Å². The standard InChI is InChI=1S/C19H27N3O3/c1-21-8-7-16(13-18(21)23)19(24)20-17(15-5-3-2-4-6-15)14-22-9-11-25-12-10-22/h2-6,16-17H,7-14H2,1H3,(H,20,24)/t16-,17-/m0/s1. The van der Waals surface area contributed by atoms with Crippen molar-refractivity contribution in [3.63, 3.8) is 0 Å². The van der Waals surface area contributed by atoms with Gasteiger partial charge in [-0.1, -0.05) is 30.3 Å². The fourth-order valence-corrected chi connectivity index (χ4v) is 3.42. The number of nitrogens with zero attached hydrogens (tertiary/aromatic N) is 2. The van der Waals surface area contributed by atoms with Crippen molar-refractivity contribution in [1.29, 1.82) is 0 Å². The lowest BCUT2D eigenvalue weighted by Gasteiger charge is -2.33. The first kappa shape index (κ1) is 17.9. The maximum atomic E-state index is 12.8. The SMILES string of the molecule is CN1CC[C@H](C(=O)N[C@@H](CN2CCOCC2)c2ccccc2)CC1=O. The number of rotatable bonds is 5. The van der Waals surface area contributed by atoms with E-state index >= 15 is 0 Å². The summed E-state index contributed by atoms with van der Waals surface area (Å²) < 4.78 is 5.41. The number of hydrogen-bond donors (Lipinski definition) is 1. The zero-order valence-corrected chi connectivity index (χ0v) is 14.8. The zero-order valence-electron chi connectivity index (χ0n) is 14.8. The molecule has 0 spiro atoms. The van der Waals surface area contributed by atoms with Crippen LogP contribution in [0.3, 0.4) is 0 Å². The van der Waals surface area contributed by atoms with Gasteiger partial charge in [-0.3, -0.25) is 14.5 Å². The maximum Gasteiger partial charge on any atom is 0.224 e. The Morgan fingerprint density at radius 1 is 1.24 bits per heavy atom. The van der Waals surface area contributed by atoms with E-state index in [1.165, 1.54) is 0 Å². The average Bonchev–Trinajstić information content (AvgIpc) is 2.65. The molecule has 0 radical (unpaired) electrons. The number of piperidine rings is 1. The molecule has 2 saturated heterocycles. The Morgan fingerprint density at radius 2 is 1.96 bits per heavy atom. The molecule has 0 aliphatic carbocycles. The molecule has 2 atom stereocenters. The molecule has 2 amide bonds. The van der Waals surface area contributed by atoms with Gasteiger partial charge in [0.25, 0.3) is 0 Å². The molecule has 2 aliphatic rings. The summed E-state index contributed by atoms with van der Waals surface area (Å²) >= 11 is 0. The molecule has 1 N–H and O–H groups in total. The first-order valence-corrected chi connectivity index (χ1v) is 9.03. The van der Waals surface area contributed by atoms with E-state index in [4.69, 9.17) is 4.74 Å². The van der Waals surface area contributed by atoms with Crippen molar-refractivity contribution in [3.8, 4) is 0 Å². The van der Waals surface area contributed by atoms with E-state index in [2.05, 4.69) is 10.2 Å². The van der Waals surface area contributed by atoms with Gasteiger partial charge in [0, 0.05) is 45.6 Å². The summed E-state index contributed by atoms with van der Waals surface area (Å²) in [6.45, 7) is 4.64. The van der Waals surface area contributed by atoms with Crippen LogP contribution >= 0.6 is 0 Å². The van der Waals surface area contributed by atoms with Crippen LogP contribution in [-0.4, -0.2) is 68.1 Å². The smallest absolute Gasteiger partial charge is 0.224 e. The second-order valence-electron chi connectivity index (χ2n) is 6.89. The van der Waals surface area contributed by atoms with Crippen molar-refractivity contribution in [1.82, 2.24) is 15.1 Å². The number of carbonyl (C=O) groups excluding carboxylic acids is 2. The van der Waals surface area contributed by atoms with Crippen LogP contribution in [0.5, 0.6) is 0 Å². The summed E-state index contributed by atoms with van der Waals surface area (Å²) in [5.41, 5.74) is 1.10. The lowest BCUT2D eigenvalue weighted by molar-refractivity contribution is -0.139. The molecule has 6 nitrogen and oxygen atoms in total. The Kier molecular flexibility index (Phi) is 6.04. The third-order valence-electron chi connectivity index (χ3n) is 5.09. The highest BCUT2D eigenvalue weighted by molar-refractivity contribution is 5.87. The number of carbonyl (C=O) groups is 2. The Morgan fingerprint density at radius 3 is 2.64 bits per heavy atom. The fraction of sp³-hybridized carbons (Fsp3) is 0.579. The van der Waals surface area contributed by atoms with Gasteiger partial charge in [0.15, 0.2) is 0 Å².